The van der Waals surface area contributed by atoms with E-state index in [1.807, 2.05) is 0 Å². The number of carboxylic acids is 1. The third-order valence-corrected chi connectivity index (χ3v) is 4.75. The van der Waals surface area contributed by atoms with Gasteiger partial charge < -0.3 is 15.7 Å². The van der Waals surface area contributed by atoms with Crippen molar-refractivity contribution in [3.8, 4) is 0 Å². The highest BCUT2D eigenvalue weighted by Crippen LogP contribution is 2.24. The van der Waals surface area contributed by atoms with Gasteiger partial charge in [-0.1, -0.05) is 11.6 Å². The summed E-state index contributed by atoms with van der Waals surface area (Å²) < 4.78 is 0.857. The summed E-state index contributed by atoms with van der Waals surface area (Å²) in [7, 11) is 0. The van der Waals surface area contributed by atoms with Crippen LogP contribution in [0, 0.1) is 3.57 Å². The van der Waals surface area contributed by atoms with Crippen molar-refractivity contribution in [3.63, 3.8) is 0 Å². The largest absolute Gasteiger partial charge is 0.480 e. The van der Waals surface area contributed by atoms with Crippen LogP contribution in [0.25, 0.3) is 0 Å². The zero-order valence-electron chi connectivity index (χ0n) is 9.90. The first-order valence-electron chi connectivity index (χ1n) is 5.60. The number of carboxylic acid groups (broad SMARTS) is 1. The summed E-state index contributed by atoms with van der Waals surface area (Å²) in [6, 6.07) is 5.01. The number of rotatable bonds is 2. The smallest absolute Gasteiger partial charge is 0.325 e. The lowest BCUT2D eigenvalue weighted by atomic mass is 10.0. The summed E-state index contributed by atoms with van der Waals surface area (Å²) in [4.78, 5) is 24.7. The Kier molecular flexibility index (Phi) is 4.03. The number of carbonyl (C=O) groups excluding carboxylic acids is 1. The van der Waals surface area contributed by atoms with Gasteiger partial charge in [-0.05, 0) is 47.2 Å². The van der Waals surface area contributed by atoms with E-state index in [2.05, 4.69) is 22.6 Å². The van der Waals surface area contributed by atoms with Crippen molar-refractivity contribution in [2.45, 2.75) is 12.0 Å². The molecule has 3 N–H and O–H groups in total. The Labute approximate surface area is 128 Å². The molecule has 1 fully saturated rings. The number of nitrogens with zero attached hydrogens (tertiary/aromatic N) is 1. The molecule has 1 saturated heterocycles. The molecule has 0 radical (unpaired) electrons. The number of benzene rings is 1. The molecule has 2 rings (SSSR count). The highest BCUT2D eigenvalue weighted by molar-refractivity contribution is 14.1. The minimum atomic E-state index is -1.34. The van der Waals surface area contributed by atoms with E-state index in [1.54, 1.807) is 18.2 Å². The van der Waals surface area contributed by atoms with Crippen molar-refractivity contribution in [1.82, 2.24) is 4.90 Å². The molecule has 5 nitrogen and oxygen atoms in total. The molecule has 0 bridgehead atoms. The van der Waals surface area contributed by atoms with Crippen molar-refractivity contribution in [2.75, 3.05) is 13.1 Å². The predicted molar refractivity (Wildman–Crippen MR) is 79.2 cm³/mol. The average molecular weight is 395 g/mol. The SMILES string of the molecule is NC1(C(=O)O)CCN(C(=O)c2ccc(I)c(Cl)c2)C1. The Balaban J connectivity index is 2.18. The third-order valence-electron chi connectivity index (χ3n) is 3.18. The van der Waals surface area contributed by atoms with Crippen molar-refractivity contribution >= 4 is 46.1 Å². The van der Waals surface area contributed by atoms with Crippen molar-refractivity contribution in [1.29, 1.82) is 0 Å². The van der Waals surface area contributed by atoms with Crippen LogP contribution in [0.15, 0.2) is 18.2 Å². The summed E-state index contributed by atoms with van der Waals surface area (Å²) in [6.07, 6.45) is 0.256. The summed E-state index contributed by atoms with van der Waals surface area (Å²) in [5.74, 6) is -1.32. The van der Waals surface area contributed by atoms with E-state index < -0.39 is 11.5 Å². The Hall–Kier alpha value is -0.860. The fourth-order valence-electron chi connectivity index (χ4n) is 1.99. The van der Waals surface area contributed by atoms with Crippen LogP contribution < -0.4 is 5.73 Å². The van der Waals surface area contributed by atoms with E-state index in [4.69, 9.17) is 22.4 Å². The molecule has 1 atom stereocenters. The predicted octanol–water partition coefficient (Wildman–Crippen LogP) is 1.57. The second-order valence-corrected chi connectivity index (χ2v) is 6.14. The quantitative estimate of drug-likeness (QED) is 0.746. The summed E-state index contributed by atoms with van der Waals surface area (Å²) >= 11 is 8.05. The van der Waals surface area contributed by atoms with Gasteiger partial charge in [-0.2, -0.15) is 0 Å². The molecule has 1 aliphatic heterocycles. The number of hydrogen-bond donors (Lipinski definition) is 2. The second kappa shape index (κ2) is 5.26. The molecule has 1 aliphatic rings. The standard InChI is InChI=1S/C12H12ClIN2O3/c13-8-5-7(1-2-9(8)14)10(17)16-4-3-12(15,6-16)11(18)19/h1-2,5H,3-4,6,15H2,(H,18,19). The minimum Gasteiger partial charge on any atom is -0.480 e. The number of carbonyl (C=O) groups is 2. The molecular formula is C12H12ClIN2O3. The zero-order chi connectivity index (χ0) is 14.2. The zero-order valence-corrected chi connectivity index (χ0v) is 12.8. The molecular weight excluding hydrogens is 383 g/mol. The molecule has 102 valence electrons. The second-order valence-electron chi connectivity index (χ2n) is 4.57. The van der Waals surface area contributed by atoms with Crippen molar-refractivity contribution in [3.05, 3.63) is 32.4 Å². The van der Waals surface area contributed by atoms with E-state index in [9.17, 15) is 9.59 Å². The van der Waals surface area contributed by atoms with Gasteiger partial charge in [0.1, 0.15) is 5.54 Å². The van der Waals surface area contributed by atoms with Gasteiger partial charge in [0.25, 0.3) is 5.91 Å². The van der Waals surface area contributed by atoms with E-state index in [0.29, 0.717) is 17.1 Å². The number of hydrogen-bond acceptors (Lipinski definition) is 3. The van der Waals surface area contributed by atoms with Crippen LogP contribution in [0.4, 0.5) is 0 Å². The topological polar surface area (TPSA) is 83.6 Å². The molecule has 0 aromatic heterocycles. The lowest BCUT2D eigenvalue weighted by molar-refractivity contribution is -0.142. The number of likely N-dealkylation sites (tertiary alicyclic amines) is 1. The minimum absolute atomic E-state index is 0.0186. The van der Waals surface area contributed by atoms with Crippen LogP contribution >= 0.6 is 34.2 Å². The van der Waals surface area contributed by atoms with Gasteiger partial charge in [0, 0.05) is 22.2 Å². The number of nitrogens with two attached hydrogens (primary N) is 1. The number of aliphatic carboxylic acids is 1. The van der Waals surface area contributed by atoms with Crippen LogP contribution in [0.3, 0.4) is 0 Å². The van der Waals surface area contributed by atoms with Gasteiger partial charge in [-0.3, -0.25) is 9.59 Å². The third kappa shape index (κ3) is 2.85. The van der Waals surface area contributed by atoms with Gasteiger partial charge in [0.05, 0.1) is 5.02 Å². The maximum Gasteiger partial charge on any atom is 0.325 e. The molecule has 0 aliphatic carbocycles. The van der Waals surface area contributed by atoms with Gasteiger partial charge in [0.2, 0.25) is 0 Å². The van der Waals surface area contributed by atoms with Gasteiger partial charge in [0.15, 0.2) is 0 Å². The number of amides is 1. The fraction of sp³-hybridized carbons (Fsp3) is 0.333. The maximum atomic E-state index is 12.2. The van der Waals surface area contributed by atoms with Crippen molar-refractivity contribution < 1.29 is 14.7 Å². The highest BCUT2D eigenvalue weighted by Gasteiger charge is 2.43. The maximum absolute atomic E-state index is 12.2. The highest BCUT2D eigenvalue weighted by atomic mass is 127. The lowest BCUT2D eigenvalue weighted by Gasteiger charge is -2.20. The van der Waals surface area contributed by atoms with E-state index in [0.717, 1.165) is 3.57 Å². The van der Waals surface area contributed by atoms with E-state index in [-0.39, 0.29) is 18.9 Å². The Morgan fingerprint density at radius 3 is 2.68 bits per heavy atom. The average Bonchev–Trinajstić information content (AvgIpc) is 2.76. The molecule has 1 amide bonds. The van der Waals surface area contributed by atoms with Crippen LogP contribution in [0.5, 0.6) is 0 Å². The van der Waals surface area contributed by atoms with Crippen molar-refractivity contribution in [2.24, 2.45) is 5.73 Å². The van der Waals surface area contributed by atoms with Crippen LogP contribution in [-0.2, 0) is 4.79 Å². The monoisotopic (exact) mass is 394 g/mol. The molecule has 1 unspecified atom stereocenters. The van der Waals surface area contributed by atoms with Gasteiger partial charge in [-0.25, -0.2) is 0 Å². The summed E-state index contributed by atoms with van der Waals surface area (Å²) in [5.41, 5.74) is 4.84. The summed E-state index contributed by atoms with van der Waals surface area (Å²) in [6.45, 7) is 0.357. The Morgan fingerprint density at radius 2 is 2.16 bits per heavy atom. The molecule has 1 heterocycles. The normalized spacial score (nSPS) is 22.6. The molecule has 1 aromatic carbocycles. The van der Waals surface area contributed by atoms with Crippen LogP contribution in [-0.4, -0.2) is 40.5 Å². The first kappa shape index (κ1) is 14.5. The molecule has 7 heteroatoms. The first-order valence-corrected chi connectivity index (χ1v) is 7.06. The van der Waals surface area contributed by atoms with Crippen LogP contribution in [0.2, 0.25) is 5.02 Å². The van der Waals surface area contributed by atoms with Gasteiger partial charge >= 0.3 is 5.97 Å². The Bertz CT molecular complexity index is 552. The molecule has 19 heavy (non-hydrogen) atoms. The lowest BCUT2D eigenvalue weighted by Crippen LogP contribution is -2.50. The molecule has 0 spiro atoms. The first-order chi connectivity index (χ1) is 8.83. The van der Waals surface area contributed by atoms with E-state index >= 15 is 0 Å². The van der Waals surface area contributed by atoms with Gasteiger partial charge in [-0.15, -0.1) is 0 Å². The number of halogens is 2. The van der Waals surface area contributed by atoms with Crippen LogP contribution in [0.1, 0.15) is 16.8 Å². The molecule has 0 saturated carbocycles. The fourth-order valence-corrected chi connectivity index (χ4v) is 2.51. The Morgan fingerprint density at radius 1 is 1.47 bits per heavy atom. The molecule has 1 aromatic rings. The summed E-state index contributed by atoms with van der Waals surface area (Å²) in [5, 5.41) is 9.54. The van der Waals surface area contributed by atoms with E-state index in [1.165, 1.54) is 4.90 Å².